The Hall–Kier alpha value is -3.88. The zero-order valence-corrected chi connectivity index (χ0v) is 56.9. The van der Waals surface area contributed by atoms with Crippen molar-refractivity contribution in [2.75, 3.05) is 40.9 Å². The minimum absolute atomic E-state index is 0.0455. The van der Waals surface area contributed by atoms with E-state index in [1.807, 2.05) is 27.2 Å². The number of phosphoric ester groups is 1. The van der Waals surface area contributed by atoms with Crippen LogP contribution in [0.1, 0.15) is 271 Å². The number of amides is 1. The molecule has 0 aliphatic carbocycles. The number of aliphatic hydroxyl groups is 1. The van der Waals surface area contributed by atoms with Crippen molar-refractivity contribution >= 4 is 13.7 Å². The molecule has 0 saturated carbocycles. The van der Waals surface area contributed by atoms with Crippen molar-refractivity contribution < 1.29 is 32.9 Å². The molecule has 0 aromatic rings. The number of nitrogens with zero attached hydrogens (tertiary/aromatic N) is 1. The van der Waals surface area contributed by atoms with Crippen LogP contribution in [0.3, 0.4) is 0 Å². The van der Waals surface area contributed by atoms with Crippen LogP contribution in [-0.4, -0.2) is 73.4 Å². The molecule has 0 aromatic heterocycles. The standard InChI is InChI=1S/C77H131N2O6P/c1-6-8-10-12-14-16-18-20-22-24-26-28-30-31-32-33-34-35-36-37-38-39-40-41-42-43-44-45-46-47-49-51-53-55-57-59-61-63-65-67-69-71-77(81)78-75(74-85-86(82,83)84-73-72-79(3,4)5)76(80)70-68-66-64-62-60-58-56-54-52-50-48-29-27-25-23-21-19-17-15-13-11-9-7-2/h8,10,14,16,20,22,26,28,31-32,34-35,37-38,40-41,43-44,46-47,52,54,60,62,68,70,75-76,80H,6-7,9,11-13,15,17-19,21,23-25,27,29-30,33,36,39,42,45,48-51,53,55-59,61,63-67,69,71-74H2,1-5H3,(H-,78,81,82,83)/p+1/b10-8-,16-14-,22-20-,28-26-,32-31-,35-34-,38-37-,41-40-,44-43-,47-46-,54-52+,62-60+,70-68+. The average Bonchev–Trinajstić information content (AvgIpc) is 3.70. The van der Waals surface area contributed by atoms with E-state index in [9.17, 15) is 19.4 Å². The summed E-state index contributed by atoms with van der Waals surface area (Å²) in [5.74, 6) is -0.200. The summed E-state index contributed by atoms with van der Waals surface area (Å²) in [6, 6.07) is -0.884. The highest BCUT2D eigenvalue weighted by Gasteiger charge is 2.28. The average molecular weight is 1210 g/mol. The summed E-state index contributed by atoms with van der Waals surface area (Å²) < 4.78 is 23.8. The SMILES string of the molecule is CC/C=C\C/C=C\C/C=C\C/C=C\C/C=C\C/C=C\C/C=C\C/C=C\C/C=C\C/C=C\CCCCCCCCCCCCC(=O)NC(COP(=O)(O)OCC[N+](C)(C)C)C(O)/C=C/CC/C=C/CC/C=C/CCCCCCCCCCCCCCC. The molecule has 3 N–H and O–H groups in total. The summed E-state index contributed by atoms with van der Waals surface area (Å²) in [6.45, 7) is 4.67. The first kappa shape index (κ1) is 82.1. The Morgan fingerprint density at radius 2 is 0.709 bits per heavy atom. The van der Waals surface area contributed by atoms with Crippen molar-refractivity contribution in [2.45, 2.75) is 283 Å². The maximum Gasteiger partial charge on any atom is 0.472 e. The van der Waals surface area contributed by atoms with Gasteiger partial charge in [0.05, 0.1) is 39.9 Å². The summed E-state index contributed by atoms with van der Waals surface area (Å²) in [5, 5.41) is 14.0. The fraction of sp³-hybridized carbons (Fsp3) is 0.649. The summed E-state index contributed by atoms with van der Waals surface area (Å²) >= 11 is 0. The van der Waals surface area contributed by atoms with Gasteiger partial charge in [-0.05, 0) is 122 Å². The van der Waals surface area contributed by atoms with Crippen LogP contribution < -0.4 is 5.32 Å². The molecule has 0 fully saturated rings. The van der Waals surface area contributed by atoms with E-state index in [-0.39, 0.29) is 19.1 Å². The number of hydrogen-bond acceptors (Lipinski definition) is 5. The Bertz CT molecular complexity index is 1960. The van der Waals surface area contributed by atoms with E-state index in [4.69, 9.17) is 9.05 Å². The number of unbranched alkanes of at least 4 members (excludes halogenated alkanes) is 25. The number of carbonyl (C=O) groups excluding carboxylic acids is 1. The Morgan fingerprint density at radius 3 is 1.07 bits per heavy atom. The molecule has 0 saturated heterocycles. The predicted octanol–water partition coefficient (Wildman–Crippen LogP) is 22.5. The molecule has 3 atom stereocenters. The van der Waals surface area contributed by atoms with Gasteiger partial charge in [-0.25, -0.2) is 4.57 Å². The van der Waals surface area contributed by atoms with Gasteiger partial charge in [0.15, 0.2) is 0 Å². The molecule has 86 heavy (non-hydrogen) atoms. The second kappa shape index (κ2) is 65.6. The quantitative estimate of drug-likeness (QED) is 0.0243. The van der Waals surface area contributed by atoms with Crippen molar-refractivity contribution in [3.63, 3.8) is 0 Å². The van der Waals surface area contributed by atoms with E-state index < -0.39 is 20.0 Å². The van der Waals surface area contributed by atoms with E-state index in [1.54, 1.807) is 6.08 Å². The number of likely N-dealkylation sites (N-methyl/N-ethyl adjacent to an activating group) is 1. The number of phosphoric acid groups is 1. The molecule has 490 valence electrons. The van der Waals surface area contributed by atoms with Crippen LogP contribution in [0.15, 0.2) is 158 Å². The fourth-order valence-corrected chi connectivity index (χ4v) is 10.1. The number of quaternary nitrogens is 1. The zero-order chi connectivity index (χ0) is 62.6. The van der Waals surface area contributed by atoms with Crippen LogP contribution in [0.2, 0.25) is 0 Å². The van der Waals surface area contributed by atoms with Crippen LogP contribution in [0.4, 0.5) is 0 Å². The van der Waals surface area contributed by atoms with Crippen molar-refractivity contribution in [2.24, 2.45) is 0 Å². The third-order valence-corrected chi connectivity index (χ3v) is 15.7. The lowest BCUT2D eigenvalue weighted by atomic mass is 10.0. The molecule has 1 amide bonds. The number of nitrogens with one attached hydrogen (secondary N) is 1. The largest absolute Gasteiger partial charge is 0.472 e. The minimum atomic E-state index is -4.38. The molecule has 8 nitrogen and oxygen atoms in total. The highest BCUT2D eigenvalue weighted by molar-refractivity contribution is 7.47. The maximum absolute atomic E-state index is 13.0. The number of hydrogen-bond donors (Lipinski definition) is 3. The van der Waals surface area contributed by atoms with Crippen LogP contribution in [0, 0.1) is 0 Å². The summed E-state index contributed by atoms with van der Waals surface area (Å²) in [4.78, 5) is 23.4. The van der Waals surface area contributed by atoms with Crippen LogP contribution in [-0.2, 0) is 18.4 Å². The topological polar surface area (TPSA) is 105 Å². The van der Waals surface area contributed by atoms with E-state index in [0.29, 0.717) is 17.4 Å². The molecule has 0 heterocycles. The molecule has 0 radical (unpaired) electrons. The van der Waals surface area contributed by atoms with Crippen molar-refractivity contribution in [3.05, 3.63) is 158 Å². The zero-order valence-electron chi connectivity index (χ0n) is 56.0. The van der Waals surface area contributed by atoms with E-state index in [2.05, 4.69) is 165 Å². The van der Waals surface area contributed by atoms with Gasteiger partial charge in [0, 0.05) is 6.42 Å². The third kappa shape index (κ3) is 67.6. The lowest BCUT2D eigenvalue weighted by molar-refractivity contribution is -0.870. The molecular formula is C77H132N2O6P+. The summed E-state index contributed by atoms with van der Waals surface area (Å²) in [7, 11) is 1.53. The molecule has 0 spiro atoms. The Morgan fingerprint density at radius 1 is 0.407 bits per heavy atom. The highest BCUT2D eigenvalue weighted by atomic mass is 31.2. The van der Waals surface area contributed by atoms with Gasteiger partial charge in [-0.3, -0.25) is 13.8 Å². The van der Waals surface area contributed by atoms with Gasteiger partial charge in [-0.15, -0.1) is 0 Å². The van der Waals surface area contributed by atoms with Gasteiger partial charge >= 0.3 is 7.82 Å². The molecule has 0 bridgehead atoms. The van der Waals surface area contributed by atoms with E-state index in [0.717, 1.165) is 116 Å². The van der Waals surface area contributed by atoms with Gasteiger partial charge in [0.25, 0.3) is 0 Å². The lowest BCUT2D eigenvalue weighted by Gasteiger charge is -2.25. The Kier molecular flexibility index (Phi) is 62.6. The number of allylic oxidation sites excluding steroid dienone is 25. The van der Waals surface area contributed by atoms with E-state index in [1.165, 1.54) is 135 Å². The van der Waals surface area contributed by atoms with Crippen molar-refractivity contribution in [3.8, 4) is 0 Å². The van der Waals surface area contributed by atoms with Crippen molar-refractivity contribution in [1.29, 1.82) is 0 Å². The molecular weight excluding hydrogens is 1080 g/mol. The molecule has 0 aromatic carbocycles. The Labute approximate surface area is 531 Å². The number of rotatable bonds is 62. The van der Waals surface area contributed by atoms with Gasteiger partial charge in [0.1, 0.15) is 13.2 Å². The van der Waals surface area contributed by atoms with Gasteiger partial charge in [-0.2, -0.15) is 0 Å². The second-order valence-electron chi connectivity index (χ2n) is 24.2. The fourth-order valence-electron chi connectivity index (χ4n) is 9.34. The van der Waals surface area contributed by atoms with Crippen LogP contribution in [0.5, 0.6) is 0 Å². The van der Waals surface area contributed by atoms with E-state index >= 15 is 0 Å². The Balaban J connectivity index is 4.17. The smallest absolute Gasteiger partial charge is 0.387 e. The van der Waals surface area contributed by atoms with Gasteiger partial charge in [0.2, 0.25) is 5.91 Å². The highest BCUT2D eigenvalue weighted by Crippen LogP contribution is 2.43. The lowest BCUT2D eigenvalue weighted by Crippen LogP contribution is -2.45. The molecule has 0 aliphatic rings. The maximum atomic E-state index is 13.0. The molecule has 9 heteroatoms. The molecule has 0 rings (SSSR count). The second-order valence-corrected chi connectivity index (χ2v) is 25.6. The molecule has 3 unspecified atom stereocenters. The first-order valence-electron chi connectivity index (χ1n) is 34.9. The minimum Gasteiger partial charge on any atom is -0.387 e. The first-order valence-corrected chi connectivity index (χ1v) is 36.4. The van der Waals surface area contributed by atoms with Crippen LogP contribution >= 0.6 is 7.82 Å². The monoisotopic (exact) mass is 1210 g/mol. The van der Waals surface area contributed by atoms with Gasteiger partial charge < -0.3 is 19.8 Å². The predicted molar refractivity (Wildman–Crippen MR) is 377 cm³/mol. The first-order chi connectivity index (χ1) is 42.0. The summed E-state index contributed by atoms with van der Waals surface area (Å²) in [5.41, 5.74) is 0. The third-order valence-electron chi connectivity index (χ3n) is 14.7. The summed E-state index contributed by atoms with van der Waals surface area (Å²) in [6.07, 6.45) is 102. The van der Waals surface area contributed by atoms with Crippen molar-refractivity contribution in [1.82, 2.24) is 5.32 Å². The number of aliphatic hydroxyl groups excluding tert-OH is 1. The number of carbonyl (C=O) groups is 1. The normalized spacial score (nSPS) is 14.6. The molecule has 0 aliphatic heterocycles. The van der Waals surface area contributed by atoms with Gasteiger partial charge in [-0.1, -0.05) is 300 Å². The van der Waals surface area contributed by atoms with Crippen LogP contribution in [0.25, 0.3) is 0 Å².